The second-order valence-corrected chi connectivity index (χ2v) is 4.31. The summed E-state index contributed by atoms with van der Waals surface area (Å²) in [4.78, 5) is 3.41. The van der Waals surface area contributed by atoms with Gasteiger partial charge in [-0.3, -0.25) is 4.98 Å². The summed E-state index contributed by atoms with van der Waals surface area (Å²) < 4.78 is 50.2. The van der Waals surface area contributed by atoms with Crippen molar-refractivity contribution in [2.45, 2.75) is 12.1 Å². The summed E-state index contributed by atoms with van der Waals surface area (Å²) in [5, 5.41) is 0. The van der Waals surface area contributed by atoms with Crippen LogP contribution in [0.15, 0.2) is 42.6 Å². The maximum atomic E-state index is 12.9. The van der Waals surface area contributed by atoms with Crippen LogP contribution in [0.1, 0.15) is 22.7 Å². The molecule has 0 saturated heterocycles. The highest BCUT2D eigenvalue weighted by atomic mass is 19.4. The van der Waals surface area contributed by atoms with E-state index in [1.54, 1.807) is 12.1 Å². The molecule has 0 bridgehead atoms. The molecule has 0 aliphatic carbocycles. The molecule has 0 amide bonds. The third-order valence-corrected chi connectivity index (χ3v) is 2.99. The SMILES string of the molecule is NC[C@@H](c1ccc(F)cc1)c1ccc(C(F)(F)F)nc1. The molecule has 0 fully saturated rings. The van der Waals surface area contributed by atoms with E-state index in [4.69, 9.17) is 5.73 Å². The lowest BCUT2D eigenvalue weighted by Gasteiger charge is -2.16. The molecule has 0 saturated carbocycles. The van der Waals surface area contributed by atoms with Crippen molar-refractivity contribution in [3.63, 3.8) is 0 Å². The molecule has 1 heterocycles. The number of hydrogen-bond donors (Lipinski definition) is 1. The number of halogens is 4. The van der Waals surface area contributed by atoms with Crippen LogP contribution in [0.2, 0.25) is 0 Å². The van der Waals surface area contributed by atoms with Gasteiger partial charge in [0.1, 0.15) is 11.5 Å². The summed E-state index contributed by atoms with van der Waals surface area (Å²) >= 11 is 0. The number of hydrogen-bond acceptors (Lipinski definition) is 2. The highest BCUT2D eigenvalue weighted by molar-refractivity contribution is 5.32. The number of aromatic nitrogens is 1. The van der Waals surface area contributed by atoms with Gasteiger partial charge >= 0.3 is 6.18 Å². The fraction of sp³-hybridized carbons (Fsp3) is 0.214. The Morgan fingerprint density at radius 2 is 1.60 bits per heavy atom. The number of alkyl halides is 3. The molecule has 0 aliphatic heterocycles. The van der Waals surface area contributed by atoms with Gasteiger partial charge in [-0.15, -0.1) is 0 Å². The van der Waals surface area contributed by atoms with Crippen LogP contribution in [0.5, 0.6) is 0 Å². The van der Waals surface area contributed by atoms with Gasteiger partial charge in [0.05, 0.1) is 0 Å². The fourth-order valence-electron chi connectivity index (χ4n) is 1.94. The minimum absolute atomic E-state index is 0.193. The van der Waals surface area contributed by atoms with Crippen molar-refractivity contribution in [3.05, 3.63) is 65.2 Å². The van der Waals surface area contributed by atoms with Crippen LogP contribution in [-0.4, -0.2) is 11.5 Å². The third-order valence-electron chi connectivity index (χ3n) is 2.99. The first-order valence-corrected chi connectivity index (χ1v) is 5.90. The van der Waals surface area contributed by atoms with Crippen molar-refractivity contribution in [2.24, 2.45) is 5.73 Å². The van der Waals surface area contributed by atoms with Crippen molar-refractivity contribution in [3.8, 4) is 0 Å². The Morgan fingerprint density at radius 1 is 1.00 bits per heavy atom. The lowest BCUT2D eigenvalue weighted by molar-refractivity contribution is -0.141. The summed E-state index contributed by atoms with van der Waals surface area (Å²) in [5.74, 6) is -0.694. The predicted octanol–water partition coefficient (Wildman–Crippen LogP) is 3.33. The minimum atomic E-state index is -4.47. The van der Waals surface area contributed by atoms with Crippen molar-refractivity contribution < 1.29 is 17.6 Å². The molecule has 106 valence electrons. The van der Waals surface area contributed by atoms with E-state index in [-0.39, 0.29) is 18.3 Å². The van der Waals surface area contributed by atoms with Crippen molar-refractivity contribution in [1.82, 2.24) is 4.98 Å². The zero-order chi connectivity index (χ0) is 14.8. The van der Waals surface area contributed by atoms with Gasteiger partial charge in [0.25, 0.3) is 0 Å². The molecule has 0 spiro atoms. The summed E-state index contributed by atoms with van der Waals surface area (Å²) in [7, 11) is 0. The van der Waals surface area contributed by atoms with E-state index in [0.717, 1.165) is 17.8 Å². The molecule has 0 radical (unpaired) electrons. The Hall–Kier alpha value is -1.95. The van der Waals surface area contributed by atoms with Gasteiger partial charge in [-0.05, 0) is 29.3 Å². The van der Waals surface area contributed by atoms with Crippen LogP contribution >= 0.6 is 0 Å². The van der Waals surface area contributed by atoms with Gasteiger partial charge in [0.15, 0.2) is 0 Å². The van der Waals surface area contributed by atoms with E-state index in [1.165, 1.54) is 18.2 Å². The largest absolute Gasteiger partial charge is 0.433 e. The van der Waals surface area contributed by atoms with E-state index >= 15 is 0 Å². The minimum Gasteiger partial charge on any atom is -0.330 e. The van der Waals surface area contributed by atoms with E-state index < -0.39 is 11.9 Å². The summed E-state index contributed by atoms with van der Waals surface area (Å²) in [6.45, 7) is 0.193. The highest BCUT2D eigenvalue weighted by Gasteiger charge is 2.32. The van der Waals surface area contributed by atoms with Crippen LogP contribution in [-0.2, 0) is 6.18 Å². The average Bonchev–Trinajstić information content (AvgIpc) is 2.41. The number of benzene rings is 1. The normalized spacial score (nSPS) is 13.2. The molecule has 0 unspecified atom stereocenters. The maximum Gasteiger partial charge on any atom is 0.433 e. The van der Waals surface area contributed by atoms with Crippen LogP contribution in [0, 0.1) is 5.82 Å². The van der Waals surface area contributed by atoms with Crippen molar-refractivity contribution >= 4 is 0 Å². The zero-order valence-electron chi connectivity index (χ0n) is 10.4. The first-order valence-electron chi connectivity index (χ1n) is 5.90. The van der Waals surface area contributed by atoms with Crippen LogP contribution in [0.25, 0.3) is 0 Å². The maximum absolute atomic E-state index is 12.9. The Kier molecular flexibility index (Phi) is 4.04. The Balaban J connectivity index is 2.30. The molecule has 2 rings (SSSR count). The number of pyridine rings is 1. The van der Waals surface area contributed by atoms with E-state index in [0.29, 0.717) is 5.56 Å². The summed E-state index contributed by atoms with van der Waals surface area (Å²) in [5.41, 5.74) is 6.00. The number of rotatable bonds is 3. The van der Waals surface area contributed by atoms with E-state index in [2.05, 4.69) is 4.98 Å². The Labute approximate surface area is 113 Å². The average molecular weight is 284 g/mol. The van der Waals surface area contributed by atoms with Crippen molar-refractivity contribution in [1.29, 1.82) is 0 Å². The fourth-order valence-corrected chi connectivity index (χ4v) is 1.94. The smallest absolute Gasteiger partial charge is 0.330 e. The quantitative estimate of drug-likeness (QED) is 0.878. The standard InChI is InChI=1S/C14H12F4N2/c15-11-4-1-9(2-5-11)12(7-19)10-3-6-13(20-8-10)14(16,17)18/h1-6,8,12H,7,19H2/t12-/m0/s1. The number of nitrogens with zero attached hydrogens (tertiary/aromatic N) is 1. The molecule has 2 aromatic rings. The molecule has 1 aromatic carbocycles. The lowest BCUT2D eigenvalue weighted by atomic mass is 9.92. The Bertz CT molecular complexity index is 561. The lowest BCUT2D eigenvalue weighted by Crippen LogP contribution is -2.15. The molecule has 6 heteroatoms. The molecular formula is C14H12F4N2. The summed E-state index contributed by atoms with van der Waals surface area (Å²) in [6, 6.07) is 7.96. The molecule has 2 nitrogen and oxygen atoms in total. The van der Waals surface area contributed by atoms with Gasteiger partial charge in [0.2, 0.25) is 0 Å². The third kappa shape index (κ3) is 3.14. The Morgan fingerprint density at radius 3 is 2.05 bits per heavy atom. The molecule has 1 atom stereocenters. The van der Waals surface area contributed by atoms with Crippen LogP contribution < -0.4 is 5.73 Å². The van der Waals surface area contributed by atoms with Gasteiger partial charge < -0.3 is 5.73 Å². The zero-order valence-corrected chi connectivity index (χ0v) is 10.4. The monoisotopic (exact) mass is 284 g/mol. The van der Waals surface area contributed by atoms with Crippen LogP contribution in [0.4, 0.5) is 17.6 Å². The summed E-state index contributed by atoms with van der Waals surface area (Å²) in [6.07, 6.45) is -3.31. The van der Waals surface area contributed by atoms with Gasteiger partial charge in [0, 0.05) is 18.7 Å². The molecule has 1 aromatic heterocycles. The highest BCUT2D eigenvalue weighted by Crippen LogP contribution is 2.29. The second kappa shape index (κ2) is 5.58. The van der Waals surface area contributed by atoms with Crippen LogP contribution in [0.3, 0.4) is 0 Å². The predicted molar refractivity (Wildman–Crippen MR) is 66.5 cm³/mol. The molecular weight excluding hydrogens is 272 g/mol. The van der Waals surface area contributed by atoms with Gasteiger partial charge in [-0.2, -0.15) is 13.2 Å². The topological polar surface area (TPSA) is 38.9 Å². The van der Waals surface area contributed by atoms with E-state index in [9.17, 15) is 17.6 Å². The number of nitrogens with two attached hydrogens (primary N) is 1. The van der Waals surface area contributed by atoms with Gasteiger partial charge in [-0.1, -0.05) is 18.2 Å². The van der Waals surface area contributed by atoms with E-state index in [1.807, 2.05) is 0 Å². The second-order valence-electron chi connectivity index (χ2n) is 4.31. The molecule has 0 aliphatic rings. The first-order chi connectivity index (χ1) is 9.41. The molecule has 2 N–H and O–H groups in total. The first kappa shape index (κ1) is 14.5. The van der Waals surface area contributed by atoms with Crippen molar-refractivity contribution in [2.75, 3.05) is 6.54 Å². The van der Waals surface area contributed by atoms with Gasteiger partial charge in [-0.25, -0.2) is 4.39 Å². The molecule has 20 heavy (non-hydrogen) atoms.